The molecule has 2 heterocycles. The number of unbranched alkanes of at least 4 members (excludes halogenated alkanes) is 2. The number of rotatable bonds is 9. The molecule has 0 radical (unpaired) electrons. The Morgan fingerprint density at radius 3 is 2.61 bits per heavy atom. The predicted molar refractivity (Wildman–Crippen MR) is 110 cm³/mol. The second-order valence-corrected chi connectivity index (χ2v) is 7.16. The molecule has 1 saturated heterocycles. The van der Waals surface area contributed by atoms with Gasteiger partial charge in [-0.15, -0.1) is 0 Å². The van der Waals surface area contributed by atoms with E-state index in [0.29, 0.717) is 17.9 Å². The van der Waals surface area contributed by atoms with Crippen molar-refractivity contribution < 1.29 is 14.6 Å². The van der Waals surface area contributed by atoms with Crippen LogP contribution in [0.1, 0.15) is 36.5 Å². The predicted octanol–water partition coefficient (Wildman–Crippen LogP) is 3.36. The van der Waals surface area contributed by atoms with Crippen LogP contribution in [0.2, 0.25) is 0 Å². The van der Waals surface area contributed by atoms with Crippen LogP contribution in [-0.4, -0.2) is 60.1 Å². The fourth-order valence-corrected chi connectivity index (χ4v) is 3.44. The summed E-state index contributed by atoms with van der Waals surface area (Å²) >= 11 is 0. The molecule has 0 bridgehead atoms. The maximum absolute atomic E-state index is 11.3. The largest absolute Gasteiger partial charge is 0.507 e. The Bertz CT molecular complexity index is 759. The first kappa shape index (κ1) is 20.1. The Kier molecular flexibility index (Phi) is 7.25. The number of aromatic nitrogens is 1. The van der Waals surface area contributed by atoms with Crippen LogP contribution in [0.3, 0.4) is 0 Å². The fraction of sp³-hybridized carbons (Fsp3) is 0.455. The molecule has 1 aliphatic heterocycles. The van der Waals surface area contributed by atoms with E-state index in [1.807, 2.05) is 18.3 Å². The number of aromatic hydroxyl groups is 1. The lowest BCUT2D eigenvalue weighted by molar-refractivity contribution is 0.101. The molecule has 28 heavy (non-hydrogen) atoms. The quantitative estimate of drug-likeness (QED) is 0.529. The maximum Gasteiger partial charge on any atom is 0.163 e. The van der Waals surface area contributed by atoms with E-state index in [2.05, 4.69) is 20.9 Å². The number of benzene rings is 1. The van der Waals surface area contributed by atoms with Crippen molar-refractivity contribution in [3.63, 3.8) is 0 Å². The van der Waals surface area contributed by atoms with E-state index >= 15 is 0 Å². The van der Waals surface area contributed by atoms with Gasteiger partial charge in [0.15, 0.2) is 5.78 Å². The second kappa shape index (κ2) is 10.1. The van der Waals surface area contributed by atoms with Gasteiger partial charge in [-0.1, -0.05) is 6.07 Å². The number of pyridine rings is 1. The molecule has 6 heteroatoms. The van der Waals surface area contributed by atoms with Crippen molar-refractivity contribution in [1.29, 1.82) is 0 Å². The summed E-state index contributed by atoms with van der Waals surface area (Å²) in [6, 6.07) is 10.9. The van der Waals surface area contributed by atoms with Gasteiger partial charge < -0.3 is 14.7 Å². The molecule has 2 aromatic rings. The van der Waals surface area contributed by atoms with Crippen LogP contribution in [0, 0.1) is 0 Å². The number of phenols is 1. The molecule has 0 unspecified atom stereocenters. The van der Waals surface area contributed by atoms with Crippen LogP contribution in [0.5, 0.6) is 11.5 Å². The second-order valence-electron chi connectivity index (χ2n) is 7.16. The monoisotopic (exact) mass is 383 g/mol. The minimum atomic E-state index is -0.148. The van der Waals surface area contributed by atoms with Gasteiger partial charge in [0, 0.05) is 38.4 Å². The third kappa shape index (κ3) is 5.70. The lowest BCUT2D eigenvalue weighted by Gasteiger charge is -2.35. The summed E-state index contributed by atoms with van der Waals surface area (Å²) in [5.41, 5.74) is 0.329. The Labute approximate surface area is 166 Å². The first-order chi connectivity index (χ1) is 13.6. The number of Topliss-reactive ketones (excluding diaryl/α,β-unsaturated/α-hetero) is 1. The van der Waals surface area contributed by atoms with E-state index in [1.165, 1.54) is 13.0 Å². The topological polar surface area (TPSA) is 65.9 Å². The van der Waals surface area contributed by atoms with Crippen molar-refractivity contribution in [2.75, 3.05) is 44.2 Å². The summed E-state index contributed by atoms with van der Waals surface area (Å²) in [6.45, 7) is 7.38. The summed E-state index contributed by atoms with van der Waals surface area (Å²) in [6.07, 6.45) is 5.09. The van der Waals surface area contributed by atoms with Crippen molar-refractivity contribution in [3.8, 4) is 11.5 Å². The smallest absolute Gasteiger partial charge is 0.163 e. The normalized spacial score (nSPS) is 14.8. The third-order valence-corrected chi connectivity index (χ3v) is 5.08. The summed E-state index contributed by atoms with van der Waals surface area (Å²) in [7, 11) is 0. The number of anilines is 1. The number of nitrogens with zero attached hydrogens (tertiary/aromatic N) is 3. The van der Waals surface area contributed by atoms with E-state index in [4.69, 9.17) is 4.74 Å². The summed E-state index contributed by atoms with van der Waals surface area (Å²) in [4.78, 5) is 20.6. The first-order valence-corrected chi connectivity index (χ1v) is 9.98. The molecular formula is C22H29N3O3. The molecule has 1 aromatic carbocycles. The summed E-state index contributed by atoms with van der Waals surface area (Å²) < 4.78 is 5.68. The van der Waals surface area contributed by atoms with Gasteiger partial charge in [-0.3, -0.25) is 9.69 Å². The molecule has 150 valence electrons. The van der Waals surface area contributed by atoms with E-state index in [9.17, 15) is 9.90 Å². The average Bonchev–Trinajstić information content (AvgIpc) is 2.71. The molecule has 1 aromatic heterocycles. The highest BCUT2D eigenvalue weighted by Gasteiger charge is 2.17. The van der Waals surface area contributed by atoms with Gasteiger partial charge in [-0.25, -0.2) is 4.98 Å². The zero-order valence-corrected chi connectivity index (χ0v) is 16.5. The van der Waals surface area contributed by atoms with Crippen LogP contribution < -0.4 is 9.64 Å². The van der Waals surface area contributed by atoms with Crippen molar-refractivity contribution in [3.05, 3.63) is 48.2 Å². The number of hydrogen-bond donors (Lipinski definition) is 1. The molecule has 1 N–H and O–H groups in total. The van der Waals surface area contributed by atoms with Gasteiger partial charge in [-0.2, -0.15) is 0 Å². The van der Waals surface area contributed by atoms with Crippen molar-refractivity contribution in [2.45, 2.75) is 26.2 Å². The molecule has 0 saturated carbocycles. The summed E-state index contributed by atoms with van der Waals surface area (Å²) in [5, 5.41) is 9.82. The maximum atomic E-state index is 11.3. The van der Waals surface area contributed by atoms with Crippen LogP contribution >= 0.6 is 0 Å². The lowest BCUT2D eigenvalue weighted by Crippen LogP contribution is -2.46. The third-order valence-electron chi connectivity index (χ3n) is 5.08. The minimum absolute atomic E-state index is 0.0187. The van der Waals surface area contributed by atoms with E-state index < -0.39 is 0 Å². The number of piperazine rings is 1. The number of hydrogen-bond acceptors (Lipinski definition) is 6. The van der Waals surface area contributed by atoms with Gasteiger partial charge in [-0.05, 0) is 57.0 Å². The zero-order chi connectivity index (χ0) is 19.8. The number of carbonyl (C=O) groups is 1. The van der Waals surface area contributed by atoms with Crippen molar-refractivity contribution in [2.24, 2.45) is 0 Å². The zero-order valence-electron chi connectivity index (χ0n) is 16.5. The Hall–Kier alpha value is -2.60. The van der Waals surface area contributed by atoms with Gasteiger partial charge >= 0.3 is 0 Å². The highest BCUT2D eigenvalue weighted by molar-refractivity contribution is 5.96. The van der Waals surface area contributed by atoms with Crippen LogP contribution in [0.15, 0.2) is 42.6 Å². The van der Waals surface area contributed by atoms with Gasteiger partial charge in [0.2, 0.25) is 0 Å². The molecule has 1 fully saturated rings. The molecular weight excluding hydrogens is 354 g/mol. The van der Waals surface area contributed by atoms with Crippen molar-refractivity contribution in [1.82, 2.24) is 9.88 Å². The van der Waals surface area contributed by atoms with Crippen LogP contribution in [0.4, 0.5) is 5.82 Å². The van der Waals surface area contributed by atoms with E-state index in [0.717, 1.165) is 57.8 Å². The molecule has 3 rings (SSSR count). The molecule has 0 atom stereocenters. The Morgan fingerprint density at radius 2 is 1.93 bits per heavy atom. The van der Waals surface area contributed by atoms with Gasteiger partial charge in [0.05, 0.1) is 12.2 Å². The molecule has 6 nitrogen and oxygen atoms in total. The molecule has 0 aliphatic carbocycles. The van der Waals surface area contributed by atoms with Gasteiger partial charge in [0.1, 0.15) is 17.3 Å². The highest BCUT2D eigenvalue weighted by atomic mass is 16.5. The molecule has 0 amide bonds. The van der Waals surface area contributed by atoms with Crippen LogP contribution in [-0.2, 0) is 0 Å². The van der Waals surface area contributed by atoms with E-state index in [1.54, 1.807) is 12.1 Å². The Morgan fingerprint density at radius 1 is 1.11 bits per heavy atom. The number of carbonyl (C=O) groups excluding carboxylic acids is 1. The minimum Gasteiger partial charge on any atom is -0.507 e. The lowest BCUT2D eigenvalue weighted by atomic mass is 10.1. The molecule has 1 aliphatic rings. The Balaban J connectivity index is 1.28. The molecule has 0 spiro atoms. The van der Waals surface area contributed by atoms with E-state index in [-0.39, 0.29) is 11.5 Å². The fourth-order valence-electron chi connectivity index (χ4n) is 3.44. The number of phenolic OH excluding ortho intramolecular Hbond substituents is 1. The van der Waals surface area contributed by atoms with Gasteiger partial charge in [0.25, 0.3) is 0 Å². The highest BCUT2D eigenvalue weighted by Crippen LogP contribution is 2.24. The average molecular weight is 383 g/mol. The summed E-state index contributed by atoms with van der Waals surface area (Å²) in [5.74, 6) is 1.51. The first-order valence-electron chi connectivity index (χ1n) is 9.98. The standard InChI is InChI=1S/C22H29N3O3/c1-18(26)20-9-8-19(17-21(20)27)28-16-6-2-5-11-24-12-14-25(15-13-24)22-7-3-4-10-23-22/h3-4,7-10,17,27H,2,5-6,11-16H2,1H3. The van der Waals surface area contributed by atoms with Crippen LogP contribution in [0.25, 0.3) is 0 Å². The SMILES string of the molecule is CC(=O)c1ccc(OCCCCCN2CCN(c3ccccn3)CC2)cc1O. The number of ketones is 1. The number of ether oxygens (including phenoxy) is 1. The van der Waals surface area contributed by atoms with Crippen molar-refractivity contribution >= 4 is 11.6 Å².